The van der Waals surface area contributed by atoms with Gasteiger partial charge in [0.05, 0.1) is 12.6 Å². The number of nitrogens with one attached hydrogen (secondary N) is 1. The van der Waals surface area contributed by atoms with E-state index in [1.807, 2.05) is 0 Å². The number of alkyl halides is 6. The van der Waals surface area contributed by atoms with Crippen molar-refractivity contribution in [3.63, 3.8) is 0 Å². The van der Waals surface area contributed by atoms with Gasteiger partial charge in [0.2, 0.25) is 7.59 Å². The fraction of sp³-hybridized carbons (Fsp3) is 0.588. The molecule has 31 heavy (non-hydrogen) atoms. The van der Waals surface area contributed by atoms with Gasteiger partial charge in [-0.25, -0.2) is 9.36 Å². The van der Waals surface area contributed by atoms with E-state index in [0.717, 1.165) is 0 Å². The summed E-state index contributed by atoms with van der Waals surface area (Å²) in [6.45, 7) is 3.51. The van der Waals surface area contributed by atoms with E-state index in [9.17, 15) is 9.36 Å². The van der Waals surface area contributed by atoms with E-state index < -0.39 is 46.4 Å². The third kappa shape index (κ3) is 14.3. The number of hydrogen-bond acceptors (Lipinski definition) is 6. The van der Waals surface area contributed by atoms with Gasteiger partial charge in [0.1, 0.15) is 18.8 Å². The third-order valence-corrected chi connectivity index (χ3v) is 5.08. The molecule has 178 valence electrons. The fourth-order valence-electron chi connectivity index (χ4n) is 1.94. The highest BCUT2D eigenvalue weighted by Gasteiger charge is 2.36. The van der Waals surface area contributed by atoms with Crippen LogP contribution in [0.2, 0.25) is 0 Å². The number of amides is 1. The van der Waals surface area contributed by atoms with Crippen LogP contribution < -0.4 is 5.32 Å². The molecule has 0 aromatic heterocycles. The van der Waals surface area contributed by atoms with Gasteiger partial charge in [-0.2, -0.15) is 0 Å². The SMILES string of the molecule is CC(C)(C)OC(=O)NC(COP(=O)(OCC(Cl)(Cl)Cl)OCC(Cl)(Cl)Cl)c1ccccc1. The maximum Gasteiger partial charge on any atom is 0.475 e. The molecule has 1 unspecified atom stereocenters. The van der Waals surface area contributed by atoms with Gasteiger partial charge >= 0.3 is 13.9 Å². The number of benzene rings is 1. The lowest BCUT2D eigenvalue weighted by molar-refractivity contribution is 0.0465. The lowest BCUT2D eigenvalue weighted by atomic mass is 10.1. The Labute approximate surface area is 211 Å². The summed E-state index contributed by atoms with van der Waals surface area (Å²) in [5.41, 5.74) is -0.106. The second kappa shape index (κ2) is 12.2. The van der Waals surface area contributed by atoms with Crippen LogP contribution in [0.15, 0.2) is 30.3 Å². The number of halogens is 6. The summed E-state index contributed by atoms with van der Waals surface area (Å²) in [5, 5.41) is 2.63. The Morgan fingerprint density at radius 3 is 1.84 bits per heavy atom. The molecule has 0 aliphatic heterocycles. The molecule has 0 saturated heterocycles. The standard InChI is InChI=1S/C17H22Cl6NO6P/c1-15(2,3)30-14(25)24-13(12-7-5-4-6-8-12)9-27-31(26,28-10-16(18,19)20)29-11-17(21,22)23/h4-8,13H,9-11H2,1-3H3,(H,24,25). The molecule has 0 aliphatic carbocycles. The molecule has 1 aromatic carbocycles. The fourth-order valence-corrected chi connectivity index (χ4v) is 3.98. The van der Waals surface area contributed by atoms with Crippen molar-refractivity contribution in [3.8, 4) is 0 Å². The maximum atomic E-state index is 13.0. The molecule has 1 rings (SSSR count). The first-order valence-corrected chi connectivity index (χ1v) is 12.4. The van der Waals surface area contributed by atoms with Gasteiger partial charge in [-0.3, -0.25) is 13.6 Å². The summed E-state index contributed by atoms with van der Waals surface area (Å²) in [6, 6.07) is 7.93. The molecule has 0 spiro atoms. The van der Waals surface area contributed by atoms with E-state index in [1.54, 1.807) is 51.1 Å². The molecule has 14 heteroatoms. The Morgan fingerprint density at radius 1 is 0.935 bits per heavy atom. The monoisotopic (exact) mass is 577 g/mol. The first-order valence-electron chi connectivity index (χ1n) is 8.70. The molecule has 0 heterocycles. The molecule has 7 nitrogen and oxygen atoms in total. The minimum absolute atomic E-state index is 0.361. The first-order chi connectivity index (χ1) is 14.0. The Bertz CT molecular complexity index is 728. The highest BCUT2D eigenvalue weighted by Crippen LogP contribution is 2.53. The highest BCUT2D eigenvalue weighted by atomic mass is 35.6. The largest absolute Gasteiger partial charge is 0.475 e. The van der Waals surface area contributed by atoms with Crippen LogP contribution in [0.3, 0.4) is 0 Å². The number of phosphoric acid groups is 1. The van der Waals surface area contributed by atoms with Gasteiger partial charge in [0.15, 0.2) is 0 Å². The molecule has 0 fully saturated rings. The molecule has 0 saturated carbocycles. The van der Waals surface area contributed by atoms with Crippen LogP contribution in [0.1, 0.15) is 32.4 Å². The number of ether oxygens (including phenoxy) is 1. The van der Waals surface area contributed by atoms with Crippen molar-refractivity contribution in [2.24, 2.45) is 0 Å². The lowest BCUT2D eigenvalue weighted by Crippen LogP contribution is -2.36. The number of hydrogen-bond donors (Lipinski definition) is 1. The van der Waals surface area contributed by atoms with Gasteiger partial charge in [0.25, 0.3) is 0 Å². The maximum absolute atomic E-state index is 13.0. The molecular formula is C17H22Cl6NO6P. The van der Waals surface area contributed by atoms with Crippen LogP contribution in [-0.4, -0.2) is 39.1 Å². The minimum atomic E-state index is -4.37. The van der Waals surface area contributed by atoms with Crippen molar-refractivity contribution in [1.82, 2.24) is 5.32 Å². The van der Waals surface area contributed by atoms with Gasteiger partial charge in [-0.1, -0.05) is 99.9 Å². The summed E-state index contributed by atoms with van der Waals surface area (Å²) in [7, 11) is -4.37. The van der Waals surface area contributed by atoms with Crippen molar-refractivity contribution >= 4 is 83.5 Å². The Kier molecular flexibility index (Phi) is 11.5. The third-order valence-electron chi connectivity index (χ3n) is 3.06. The van der Waals surface area contributed by atoms with Gasteiger partial charge in [-0.05, 0) is 26.3 Å². The summed E-state index contributed by atoms with van der Waals surface area (Å²) >= 11 is 33.8. The summed E-state index contributed by atoms with van der Waals surface area (Å²) in [5.74, 6) is 0. The molecule has 1 aromatic rings. The van der Waals surface area contributed by atoms with E-state index in [0.29, 0.717) is 5.56 Å². The number of phosphoric ester groups is 1. The Balaban J connectivity index is 2.99. The number of carbonyl (C=O) groups is 1. The van der Waals surface area contributed by atoms with Crippen molar-refractivity contribution in [2.75, 3.05) is 19.8 Å². The van der Waals surface area contributed by atoms with Gasteiger partial charge in [0, 0.05) is 0 Å². The molecule has 1 amide bonds. The van der Waals surface area contributed by atoms with E-state index in [4.69, 9.17) is 87.9 Å². The van der Waals surface area contributed by atoms with Crippen LogP contribution >= 0.6 is 77.4 Å². The van der Waals surface area contributed by atoms with Crippen LogP contribution in [0, 0.1) is 0 Å². The highest BCUT2D eigenvalue weighted by molar-refractivity contribution is 7.48. The zero-order chi connectivity index (χ0) is 23.9. The smallest absolute Gasteiger partial charge is 0.444 e. The van der Waals surface area contributed by atoms with Crippen LogP contribution in [0.4, 0.5) is 4.79 Å². The Morgan fingerprint density at radius 2 is 1.42 bits per heavy atom. The second-order valence-corrected chi connectivity index (χ2v) is 13.8. The zero-order valence-corrected chi connectivity index (χ0v) is 22.2. The van der Waals surface area contributed by atoms with E-state index >= 15 is 0 Å². The zero-order valence-electron chi connectivity index (χ0n) is 16.7. The molecule has 0 radical (unpaired) electrons. The first kappa shape index (κ1) is 29.4. The molecule has 1 N–H and O–H groups in total. The number of carbonyl (C=O) groups excluding carboxylic acids is 1. The van der Waals surface area contributed by atoms with E-state index in [-0.39, 0.29) is 6.61 Å². The molecule has 0 aliphatic rings. The quantitative estimate of drug-likeness (QED) is 0.247. The normalized spacial score (nSPS) is 14.2. The van der Waals surface area contributed by atoms with E-state index in [2.05, 4.69) is 5.32 Å². The molecule has 0 bridgehead atoms. The predicted molar refractivity (Wildman–Crippen MR) is 125 cm³/mol. The molecule has 1 atom stereocenters. The van der Waals surface area contributed by atoms with Gasteiger partial charge in [-0.15, -0.1) is 0 Å². The summed E-state index contributed by atoms with van der Waals surface area (Å²) < 4.78 is 29.9. The van der Waals surface area contributed by atoms with Crippen molar-refractivity contribution in [1.29, 1.82) is 0 Å². The Hall–Kier alpha value is 0.340. The average Bonchev–Trinajstić information content (AvgIpc) is 2.60. The van der Waals surface area contributed by atoms with Crippen LogP contribution in [-0.2, 0) is 22.9 Å². The van der Waals surface area contributed by atoms with Crippen LogP contribution in [0.25, 0.3) is 0 Å². The summed E-state index contributed by atoms with van der Waals surface area (Å²) in [6.07, 6.45) is -0.718. The van der Waals surface area contributed by atoms with Crippen molar-refractivity contribution in [2.45, 2.75) is 40.0 Å². The van der Waals surface area contributed by atoms with Gasteiger partial charge < -0.3 is 10.1 Å². The predicted octanol–water partition coefficient (Wildman–Crippen LogP) is 7.15. The summed E-state index contributed by atoms with van der Waals surface area (Å²) in [4.78, 5) is 12.3. The lowest BCUT2D eigenvalue weighted by Gasteiger charge is -2.26. The number of alkyl carbamates (subject to hydrolysis) is 1. The second-order valence-electron chi connectivity index (χ2n) is 7.13. The van der Waals surface area contributed by atoms with E-state index in [1.165, 1.54) is 0 Å². The molecular weight excluding hydrogens is 558 g/mol. The number of rotatable bonds is 9. The van der Waals surface area contributed by atoms with Crippen molar-refractivity contribution < 1.29 is 27.7 Å². The minimum Gasteiger partial charge on any atom is -0.444 e. The topological polar surface area (TPSA) is 83.1 Å². The average molecular weight is 580 g/mol. The van der Waals surface area contributed by atoms with Crippen LogP contribution in [0.5, 0.6) is 0 Å². The van der Waals surface area contributed by atoms with Crippen molar-refractivity contribution in [3.05, 3.63) is 35.9 Å².